The zero-order valence-electron chi connectivity index (χ0n) is 13.4. The van der Waals surface area contributed by atoms with Gasteiger partial charge in [0, 0.05) is 37.5 Å². The van der Waals surface area contributed by atoms with Crippen LogP contribution < -0.4 is 10.0 Å². The Balaban J connectivity index is 1.57. The fourth-order valence-electron chi connectivity index (χ4n) is 2.89. The molecule has 2 aliphatic heterocycles. The Bertz CT molecular complexity index is 753. The molecule has 0 unspecified atom stereocenters. The lowest BCUT2D eigenvalue weighted by molar-refractivity contribution is -0.119. The maximum absolute atomic E-state index is 13.2. The number of nitrogens with zero attached hydrogens (tertiary/aromatic N) is 1. The lowest BCUT2D eigenvalue weighted by Gasteiger charge is -2.19. The van der Waals surface area contributed by atoms with Gasteiger partial charge in [-0.05, 0) is 25.0 Å². The van der Waals surface area contributed by atoms with E-state index in [0.29, 0.717) is 26.1 Å². The third-order valence-electron chi connectivity index (χ3n) is 4.29. The third kappa shape index (κ3) is 4.32. The van der Waals surface area contributed by atoms with E-state index in [-0.39, 0.29) is 24.8 Å². The van der Waals surface area contributed by atoms with Crippen molar-refractivity contribution in [2.75, 3.05) is 31.6 Å². The number of carbonyl (C=O) groups excluding carboxylic acids is 1. The summed E-state index contributed by atoms with van der Waals surface area (Å²) in [6, 6.07) is 2.81. The Morgan fingerprint density at radius 1 is 1.24 bits per heavy atom. The number of ether oxygens (including phenoxy) is 1. The van der Waals surface area contributed by atoms with E-state index in [0.717, 1.165) is 12.1 Å². The van der Waals surface area contributed by atoms with Crippen molar-refractivity contribution >= 4 is 21.8 Å². The molecule has 0 bridgehead atoms. The molecule has 1 aromatic rings. The van der Waals surface area contributed by atoms with E-state index in [2.05, 4.69) is 10.0 Å². The molecule has 2 fully saturated rings. The zero-order chi connectivity index (χ0) is 18.0. The number of carbonyl (C=O) groups is 1. The minimum Gasteiger partial charge on any atom is -0.380 e. The van der Waals surface area contributed by atoms with Gasteiger partial charge in [0.2, 0.25) is 5.91 Å². The van der Waals surface area contributed by atoms with Crippen LogP contribution in [0.5, 0.6) is 0 Å². The minimum absolute atomic E-state index is 0.0401. The second-order valence-electron chi connectivity index (χ2n) is 6.15. The van der Waals surface area contributed by atoms with Gasteiger partial charge in [0.15, 0.2) is 11.6 Å². The van der Waals surface area contributed by atoms with Crippen molar-refractivity contribution in [1.82, 2.24) is 9.03 Å². The second-order valence-corrected chi connectivity index (χ2v) is 7.85. The van der Waals surface area contributed by atoms with Crippen molar-refractivity contribution in [2.24, 2.45) is 5.92 Å². The molecule has 0 aromatic heterocycles. The molecule has 0 radical (unpaired) electrons. The predicted octanol–water partition coefficient (Wildman–Crippen LogP) is 0.849. The predicted molar refractivity (Wildman–Crippen MR) is 85.9 cm³/mol. The molecule has 25 heavy (non-hydrogen) atoms. The molecule has 2 saturated heterocycles. The first-order valence-corrected chi connectivity index (χ1v) is 9.40. The summed E-state index contributed by atoms with van der Waals surface area (Å²) in [5.41, 5.74) is 0.131. The van der Waals surface area contributed by atoms with Crippen LogP contribution in [0.25, 0.3) is 0 Å². The lowest BCUT2D eigenvalue weighted by Crippen LogP contribution is -2.45. The van der Waals surface area contributed by atoms with Crippen LogP contribution in [0.4, 0.5) is 14.5 Å². The minimum atomic E-state index is -3.68. The highest BCUT2D eigenvalue weighted by atomic mass is 32.2. The molecule has 10 heteroatoms. The monoisotopic (exact) mass is 375 g/mol. The highest BCUT2D eigenvalue weighted by Gasteiger charge is 2.36. The average molecular weight is 375 g/mol. The Labute approximate surface area is 144 Å². The Morgan fingerprint density at radius 3 is 2.72 bits per heavy atom. The van der Waals surface area contributed by atoms with Crippen molar-refractivity contribution in [1.29, 1.82) is 0 Å². The summed E-state index contributed by atoms with van der Waals surface area (Å²) < 4.78 is 59.7. The van der Waals surface area contributed by atoms with E-state index >= 15 is 0 Å². The van der Waals surface area contributed by atoms with Crippen LogP contribution in [-0.2, 0) is 19.7 Å². The van der Waals surface area contributed by atoms with Gasteiger partial charge in [-0.3, -0.25) is 4.79 Å². The van der Waals surface area contributed by atoms with Gasteiger partial charge in [0.05, 0.1) is 12.5 Å². The van der Waals surface area contributed by atoms with Crippen LogP contribution >= 0.6 is 0 Å². The van der Waals surface area contributed by atoms with Crippen LogP contribution in [0, 0.1) is 17.6 Å². The van der Waals surface area contributed by atoms with E-state index < -0.39 is 33.7 Å². The molecular formula is C15H19F2N3O4S. The van der Waals surface area contributed by atoms with Gasteiger partial charge in [0.1, 0.15) is 0 Å². The highest BCUT2D eigenvalue weighted by molar-refractivity contribution is 7.87. The SMILES string of the molecule is O=C(Nc1ccc(F)c(F)c1)[C@H]1CCN(S(=O)(=O)N[C@H]2CCOC2)C1. The van der Waals surface area contributed by atoms with Crippen LogP contribution in [0.2, 0.25) is 0 Å². The van der Waals surface area contributed by atoms with Gasteiger partial charge >= 0.3 is 0 Å². The van der Waals surface area contributed by atoms with Gasteiger partial charge in [-0.25, -0.2) is 8.78 Å². The fraction of sp³-hybridized carbons (Fsp3) is 0.533. The summed E-state index contributed by atoms with van der Waals surface area (Å²) in [6.07, 6.45) is 0.977. The van der Waals surface area contributed by atoms with Crippen molar-refractivity contribution < 1.29 is 26.7 Å². The summed E-state index contributed by atoms with van der Waals surface area (Å²) in [7, 11) is -3.68. The molecule has 2 aliphatic rings. The largest absolute Gasteiger partial charge is 0.380 e. The molecule has 0 aliphatic carbocycles. The molecule has 1 amide bonds. The molecule has 2 N–H and O–H groups in total. The molecule has 1 aromatic carbocycles. The van der Waals surface area contributed by atoms with E-state index in [4.69, 9.17) is 4.74 Å². The summed E-state index contributed by atoms with van der Waals surface area (Å²) in [5, 5.41) is 2.49. The van der Waals surface area contributed by atoms with Gasteiger partial charge in [0.25, 0.3) is 10.2 Å². The lowest BCUT2D eigenvalue weighted by atomic mass is 10.1. The quantitative estimate of drug-likeness (QED) is 0.799. The summed E-state index contributed by atoms with van der Waals surface area (Å²) in [6.45, 7) is 1.12. The first kappa shape index (κ1) is 18.2. The van der Waals surface area contributed by atoms with E-state index in [1.807, 2.05) is 0 Å². The smallest absolute Gasteiger partial charge is 0.279 e. The molecule has 138 valence electrons. The number of rotatable bonds is 5. The van der Waals surface area contributed by atoms with E-state index in [9.17, 15) is 22.0 Å². The van der Waals surface area contributed by atoms with Crippen LogP contribution in [0.3, 0.4) is 0 Å². The van der Waals surface area contributed by atoms with Crippen molar-refractivity contribution in [3.05, 3.63) is 29.8 Å². The van der Waals surface area contributed by atoms with Gasteiger partial charge in [-0.15, -0.1) is 0 Å². The number of amides is 1. The number of benzene rings is 1. The Hall–Kier alpha value is -1.62. The third-order valence-corrected chi connectivity index (χ3v) is 5.94. The highest BCUT2D eigenvalue weighted by Crippen LogP contribution is 2.22. The van der Waals surface area contributed by atoms with Crippen LogP contribution in [0.15, 0.2) is 18.2 Å². The van der Waals surface area contributed by atoms with Crippen molar-refractivity contribution in [2.45, 2.75) is 18.9 Å². The topological polar surface area (TPSA) is 87.7 Å². The first-order valence-electron chi connectivity index (χ1n) is 7.96. The number of nitrogens with one attached hydrogen (secondary N) is 2. The molecule has 0 spiro atoms. The molecule has 7 nitrogen and oxygen atoms in total. The molecular weight excluding hydrogens is 356 g/mol. The number of halogens is 2. The maximum Gasteiger partial charge on any atom is 0.279 e. The standard InChI is InChI=1S/C15H19F2N3O4S/c16-13-2-1-11(7-14(13)17)18-15(21)10-3-5-20(8-10)25(22,23)19-12-4-6-24-9-12/h1-2,7,10,12,19H,3-6,8-9H2,(H,18,21)/t10-,12-/m0/s1. The molecule has 2 heterocycles. The first-order chi connectivity index (χ1) is 11.8. The van der Waals surface area contributed by atoms with Crippen molar-refractivity contribution in [3.63, 3.8) is 0 Å². The Kier molecular flexibility index (Phi) is 5.32. The van der Waals surface area contributed by atoms with Crippen LogP contribution in [0.1, 0.15) is 12.8 Å². The maximum atomic E-state index is 13.2. The van der Waals surface area contributed by atoms with Gasteiger partial charge in [-0.1, -0.05) is 0 Å². The van der Waals surface area contributed by atoms with Gasteiger partial charge in [-0.2, -0.15) is 17.4 Å². The van der Waals surface area contributed by atoms with Crippen molar-refractivity contribution in [3.8, 4) is 0 Å². The summed E-state index contributed by atoms with van der Waals surface area (Å²) in [5.74, 6) is -3.04. The Morgan fingerprint density at radius 2 is 2.04 bits per heavy atom. The summed E-state index contributed by atoms with van der Waals surface area (Å²) >= 11 is 0. The fourth-order valence-corrected chi connectivity index (χ4v) is 4.37. The number of hydrogen-bond donors (Lipinski definition) is 2. The van der Waals surface area contributed by atoms with E-state index in [1.54, 1.807) is 0 Å². The summed E-state index contributed by atoms with van der Waals surface area (Å²) in [4.78, 5) is 12.2. The van der Waals surface area contributed by atoms with Crippen LogP contribution in [-0.4, -0.2) is 51.0 Å². The molecule has 3 rings (SSSR count). The second kappa shape index (κ2) is 7.32. The van der Waals surface area contributed by atoms with E-state index in [1.165, 1.54) is 10.4 Å². The normalized spacial score (nSPS) is 24.6. The number of hydrogen-bond acceptors (Lipinski definition) is 4. The number of anilines is 1. The molecule has 0 saturated carbocycles. The zero-order valence-corrected chi connectivity index (χ0v) is 14.2. The molecule has 2 atom stereocenters. The average Bonchev–Trinajstić information content (AvgIpc) is 3.22. The van der Waals surface area contributed by atoms with Gasteiger partial charge < -0.3 is 10.1 Å².